The van der Waals surface area contributed by atoms with E-state index in [0.717, 1.165) is 124 Å². The van der Waals surface area contributed by atoms with Crippen molar-refractivity contribution in [1.29, 1.82) is 0 Å². The number of anilines is 6. The average molecular weight is 1140 g/mol. The Morgan fingerprint density at radius 1 is 0.247 bits per heavy atom. The molecule has 17 rings (SSSR count). The van der Waals surface area contributed by atoms with Crippen LogP contribution in [0.5, 0.6) is 23.0 Å². The van der Waals surface area contributed by atoms with Gasteiger partial charge >= 0.3 is 0 Å². The van der Waals surface area contributed by atoms with Crippen molar-refractivity contribution in [2.75, 3.05) is 9.80 Å². The van der Waals surface area contributed by atoms with Crippen molar-refractivity contribution in [2.24, 2.45) is 0 Å². The molecule has 5 heteroatoms. The van der Waals surface area contributed by atoms with E-state index in [0.29, 0.717) is 0 Å². The van der Waals surface area contributed by atoms with Crippen molar-refractivity contribution >= 4 is 57.2 Å². The molecule has 0 atom stereocenters. The summed E-state index contributed by atoms with van der Waals surface area (Å²) in [5, 5.41) is 0. The summed E-state index contributed by atoms with van der Waals surface area (Å²) in [6, 6.07) is 110. The van der Waals surface area contributed by atoms with Gasteiger partial charge in [0.1, 0.15) is 23.0 Å². The Morgan fingerprint density at radius 2 is 0.618 bits per heavy atom. The first-order valence-electron chi connectivity index (χ1n) is 31.0. The van der Waals surface area contributed by atoms with Gasteiger partial charge in [-0.1, -0.05) is 252 Å². The molecule has 0 amide bonds. The first kappa shape index (κ1) is 52.5. The molecule has 0 N–H and O–H groups in total. The lowest BCUT2D eigenvalue weighted by molar-refractivity contribution is 0.418. The summed E-state index contributed by atoms with van der Waals surface area (Å²) < 4.78 is 14.0. The first-order chi connectivity index (χ1) is 43.6. The van der Waals surface area contributed by atoms with Crippen LogP contribution in [0.3, 0.4) is 0 Å². The SMILES string of the molecule is CC1(C)c2ccccc2Oc2ccc(-c3cc4c5c(c3)N(c3ccc(-c6ccccc6)cc3-c3ccccc3)c3cc6c(cc3B5c3cc(-c5ccccc5)ccc3N4c3ccc(-c4ccccc4)cc3-c3ccccc3)C(C)(C)c3ccccc3O6)cc21. The topological polar surface area (TPSA) is 24.9 Å². The van der Waals surface area contributed by atoms with Crippen LogP contribution < -0.4 is 35.7 Å². The van der Waals surface area contributed by atoms with Crippen LogP contribution in [0.15, 0.2) is 297 Å². The fourth-order valence-corrected chi connectivity index (χ4v) is 14.8. The van der Waals surface area contributed by atoms with E-state index in [1.807, 2.05) is 0 Å². The smallest absolute Gasteiger partial charge is 0.252 e. The predicted molar refractivity (Wildman–Crippen MR) is 370 cm³/mol. The number of rotatable bonds is 8. The lowest BCUT2D eigenvalue weighted by atomic mass is 9.33. The van der Waals surface area contributed by atoms with Crippen LogP contribution in [0.1, 0.15) is 49.9 Å². The van der Waals surface area contributed by atoms with Gasteiger partial charge in [0.15, 0.2) is 0 Å². The van der Waals surface area contributed by atoms with E-state index >= 15 is 0 Å². The van der Waals surface area contributed by atoms with Gasteiger partial charge < -0.3 is 19.3 Å². The number of hydrogen-bond acceptors (Lipinski definition) is 4. The molecule has 0 spiro atoms. The number of hydrogen-bond donors (Lipinski definition) is 0. The third kappa shape index (κ3) is 8.44. The average Bonchev–Trinajstić information content (AvgIpc) is 0.722. The summed E-state index contributed by atoms with van der Waals surface area (Å²) in [5.41, 5.74) is 27.8. The van der Waals surface area contributed by atoms with E-state index in [9.17, 15) is 0 Å². The second-order valence-corrected chi connectivity index (χ2v) is 25.2. The minimum atomic E-state index is -0.394. The van der Waals surface area contributed by atoms with E-state index in [1.165, 1.54) is 38.6 Å². The fraction of sp³-hybridized carbons (Fsp3) is 0.0714. The third-order valence-corrected chi connectivity index (χ3v) is 19.4. The number of ether oxygens (including phenoxy) is 2. The van der Waals surface area contributed by atoms with Crippen molar-refractivity contribution in [3.63, 3.8) is 0 Å². The van der Waals surface area contributed by atoms with Gasteiger partial charge in [0.2, 0.25) is 0 Å². The highest BCUT2D eigenvalue weighted by Gasteiger charge is 2.47. The minimum absolute atomic E-state index is 0.228. The van der Waals surface area contributed by atoms with Crippen LogP contribution >= 0.6 is 0 Å². The highest BCUT2D eigenvalue weighted by atomic mass is 16.5. The zero-order valence-electron chi connectivity index (χ0n) is 50.1. The predicted octanol–water partition coefficient (Wildman–Crippen LogP) is 20.6. The summed E-state index contributed by atoms with van der Waals surface area (Å²) in [7, 11) is 0. The number of fused-ring (bicyclic) bond motifs is 8. The van der Waals surface area contributed by atoms with Crippen LogP contribution in [0.4, 0.5) is 34.1 Å². The molecule has 4 heterocycles. The normalized spacial score (nSPS) is 14.1. The number of para-hydroxylation sites is 2. The van der Waals surface area contributed by atoms with Gasteiger partial charge in [-0.25, -0.2) is 0 Å². The minimum Gasteiger partial charge on any atom is -0.457 e. The molecule has 89 heavy (non-hydrogen) atoms. The Morgan fingerprint density at radius 3 is 1.12 bits per heavy atom. The molecule has 0 bridgehead atoms. The monoisotopic (exact) mass is 1140 g/mol. The highest BCUT2D eigenvalue weighted by Crippen LogP contribution is 2.56. The van der Waals surface area contributed by atoms with Gasteiger partial charge in [-0.05, 0) is 139 Å². The molecule has 0 saturated carbocycles. The molecule has 0 radical (unpaired) electrons. The first-order valence-corrected chi connectivity index (χ1v) is 31.0. The second-order valence-electron chi connectivity index (χ2n) is 25.2. The quantitative estimate of drug-likeness (QED) is 0.142. The van der Waals surface area contributed by atoms with E-state index in [4.69, 9.17) is 9.47 Å². The van der Waals surface area contributed by atoms with Crippen LogP contribution in [-0.2, 0) is 10.8 Å². The molecule has 4 aliphatic heterocycles. The maximum absolute atomic E-state index is 7.21. The molecule has 4 nitrogen and oxygen atoms in total. The van der Waals surface area contributed by atoms with E-state index in [1.54, 1.807) is 0 Å². The molecule has 0 aromatic heterocycles. The molecule has 422 valence electrons. The van der Waals surface area contributed by atoms with Gasteiger partial charge in [-0.3, -0.25) is 0 Å². The molecule has 13 aromatic carbocycles. The molecular weight excluding hydrogens is 1080 g/mol. The Balaban J connectivity index is 1.01. The Hall–Kier alpha value is -10.9. The van der Waals surface area contributed by atoms with Crippen molar-refractivity contribution < 1.29 is 9.47 Å². The molecule has 0 unspecified atom stereocenters. The molecule has 0 fully saturated rings. The highest BCUT2D eigenvalue weighted by molar-refractivity contribution is 7.00. The summed E-state index contributed by atoms with van der Waals surface area (Å²) in [5.74, 6) is 3.52. The fourth-order valence-electron chi connectivity index (χ4n) is 14.8. The lowest BCUT2D eigenvalue weighted by Gasteiger charge is -2.46. The maximum atomic E-state index is 7.21. The Bertz CT molecular complexity index is 4960. The zero-order chi connectivity index (χ0) is 59.5. The summed E-state index contributed by atoms with van der Waals surface area (Å²) in [4.78, 5) is 5.19. The third-order valence-electron chi connectivity index (χ3n) is 19.4. The van der Waals surface area contributed by atoms with Gasteiger partial charge in [0.25, 0.3) is 6.71 Å². The summed E-state index contributed by atoms with van der Waals surface area (Å²) in [6.07, 6.45) is 0. The Kier molecular flexibility index (Phi) is 12.0. The molecular formula is C84H61BN2O2. The van der Waals surface area contributed by atoms with Gasteiger partial charge in [0.05, 0.1) is 11.4 Å². The van der Waals surface area contributed by atoms with E-state index in [2.05, 4.69) is 335 Å². The summed E-state index contributed by atoms with van der Waals surface area (Å²) in [6.45, 7) is 9.15. The summed E-state index contributed by atoms with van der Waals surface area (Å²) >= 11 is 0. The van der Waals surface area contributed by atoms with Crippen LogP contribution in [0.25, 0.3) is 66.8 Å². The van der Waals surface area contributed by atoms with Crippen molar-refractivity contribution in [2.45, 2.75) is 38.5 Å². The van der Waals surface area contributed by atoms with Gasteiger partial charge in [0, 0.05) is 73.0 Å². The van der Waals surface area contributed by atoms with E-state index in [-0.39, 0.29) is 12.1 Å². The van der Waals surface area contributed by atoms with Crippen molar-refractivity contribution in [3.05, 3.63) is 320 Å². The standard InChI is InChI=1S/C84H61BN2O2/c1-83(2)66-34-20-22-36-78(66)88-80-45-41-61(48-68(80)83)63-50-76-82-77(51-63)87(73-43-39-60(55-26-12-6-13-27-55)47-65(73)58-32-18-9-19-33-58)75-53-81-69(84(3,4)67-35-21-23-37-79(67)89-81)52-71(75)85(82)70-49-62(56-28-14-7-15-29-56)40-44-74(70)86(76)72-42-38-59(54-24-10-5-11-25-54)46-64(72)57-30-16-8-17-31-57/h5-53H,1-4H3. The zero-order valence-corrected chi connectivity index (χ0v) is 50.1. The largest absolute Gasteiger partial charge is 0.457 e. The van der Waals surface area contributed by atoms with Crippen molar-refractivity contribution in [1.82, 2.24) is 0 Å². The molecule has 4 aliphatic rings. The van der Waals surface area contributed by atoms with Crippen LogP contribution in [0.2, 0.25) is 0 Å². The van der Waals surface area contributed by atoms with Gasteiger partial charge in [-0.15, -0.1) is 0 Å². The molecule has 0 aliphatic carbocycles. The number of nitrogens with zero attached hydrogens (tertiary/aromatic N) is 2. The van der Waals surface area contributed by atoms with Crippen molar-refractivity contribution in [3.8, 4) is 89.8 Å². The Labute approximate surface area is 521 Å². The maximum Gasteiger partial charge on any atom is 0.252 e. The van der Waals surface area contributed by atoms with Gasteiger partial charge in [-0.2, -0.15) is 0 Å². The van der Waals surface area contributed by atoms with Crippen LogP contribution in [-0.4, -0.2) is 6.71 Å². The molecule has 0 saturated heterocycles. The van der Waals surface area contributed by atoms with Crippen LogP contribution in [0, 0.1) is 0 Å². The molecule has 13 aromatic rings. The number of benzene rings is 13. The lowest BCUT2D eigenvalue weighted by Crippen LogP contribution is -2.61. The van der Waals surface area contributed by atoms with E-state index < -0.39 is 5.41 Å². The second kappa shape index (κ2) is 20.4.